The third kappa shape index (κ3) is 17.6. The highest BCUT2D eigenvalue weighted by molar-refractivity contribution is 7.16. The van der Waals surface area contributed by atoms with E-state index in [1.54, 1.807) is 17.4 Å². The largest absolute Gasteiger partial charge is 0.494 e. The predicted octanol–water partition coefficient (Wildman–Crippen LogP) is 11.7. The number of rotatable bonds is 24. The molecule has 240 valence electrons. The van der Waals surface area contributed by atoms with Crippen LogP contribution in [0, 0.1) is 0 Å². The Kier molecular flexibility index (Phi) is 17.6. The van der Waals surface area contributed by atoms with Gasteiger partial charge in [-0.05, 0) is 49.9 Å². The number of ether oxygens (including phenoxy) is 2. The van der Waals surface area contributed by atoms with E-state index in [2.05, 4.69) is 68.2 Å². The molecule has 0 aliphatic rings. The molecule has 2 aromatic rings. The minimum absolute atomic E-state index is 0.630. The molecule has 0 atom stereocenters. The first-order valence-corrected chi connectivity index (χ1v) is 28.5. The van der Waals surface area contributed by atoms with Crippen molar-refractivity contribution in [2.75, 3.05) is 19.1 Å². The minimum atomic E-state index is -1.02. The van der Waals surface area contributed by atoms with E-state index in [0.29, 0.717) is 17.7 Å². The van der Waals surface area contributed by atoms with Gasteiger partial charge in [0, 0.05) is 35.7 Å². The summed E-state index contributed by atoms with van der Waals surface area (Å²) in [6, 6.07) is 9.72. The molecule has 0 aliphatic carbocycles. The molecule has 0 aliphatic heterocycles. The van der Waals surface area contributed by atoms with Crippen LogP contribution in [0.3, 0.4) is 0 Å². The average molecular weight is 670 g/mol. The fourth-order valence-electron chi connectivity index (χ4n) is 6.63. The molecule has 0 bridgehead atoms. The van der Waals surface area contributed by atoms with Crippen LogP contribution in [0.15, 0.2) is 24.3 Å². The highest BCUT2D eigenvalue weighted by atomic mass is 35.5. The van der Waals surface area contributed by atoms with Crippen molar-refractivity contribution < 1.29 is 9.47 Å². The first-order chi connectivity index (χ1) is 19.9. The number of alkyl halides is 1. The second-order valence-electron chi connectivity index (χ2n) is 15.0. The summed E-state index contributed by atoms with van der Waals surface area (Å²) in [6.07, 6.45) is 15.3. The molecule has 9 heteroatoms. The highest BCUT2D eigenvalue weighted by Gasteiger charge is 2.34. The normalized spacial score (nSPS) is 12.6. The van der Waals surface area contributed by atoms with Gasteiger partial charge in [-0.2, -0.15) is 0 Å². The summed E-state index contributed by atoms with van der Waals surface area (Å²) in [5.41, 5.74) is 4.29. The van der Waals surface area contributed by atoms with Gasteiger partial charge in [0.05, 0.1) is 13.2 Å². The molecule has 0 spiro atoms. The Balaban J connectivity index is 1.48. The molecule has 0 amide bonds. The second kappa shape index (κ2) is 19.7. The van der Waals surface area contributed by atoms with E-state index in [-0.39, 0.29) is 0 Å². The van der Waals surface area contributed by atoms with Gasteiger partial charge >= 0.3 is 0 Å². The predicted molar refractivity (Wildman–Crippen MR) is 195 cm³/mol. The fourth-order valence-corrected chi connectivity index (χ4v) is 32.9. The van der Waals surface area contributed by atoms with Crippen LogP contribution < -0.4 is 9.47 Å². The van der Waals surface area contributed by atoms with E-state index in [0.717, 1.165) is 48.6 Å². The van der Waals surface area contributed by atoms with Crippen LogP contribution in [0.1, 0.15) is 77.0 Å². The maximum atomic E-state index is 5.98. The zero-order valence-electron chi connectivity index (χ0n) is 28.0. The standard InChI is InChI=1S/C33H61ClN2O2SSi3/c1-40(2,3)28-42(6,7)29-41(4,5)27-19-14-12-10-8-9-11-13-17-25-37-31-22-20-30(21-23-31)32-35-36-33(39-32)38-26-18-15-16-24-34/h20-23H,8-19,24-29H2,1-7H3. The van der Waals surface area contributed by atoms with Crippen molar-refractivity contribution in [1.29, 1.82) is 0 Å². The van der Waals surface area contributed by atoms with Gasteiger partial charge in [0.2, 0.25) is 0 Å². The summed E-state index contributed by atoms with van der Waals surface area (Å²) in [6.45, 7) is 19.8. The zero-order chi connectivity index (χ0) is 30.9. The average Bonchev–Trinajstić information content (AvgIpc) is 3.36. The maximum absolute atomic E-state index is 5.98. The van der Waals surface area contributed by atoms with E-state index < -0.39 is 24.2 Å². The third-order valence-corrected chi connectivity index (χ3v) is 26.3. The minimum Gasteiger partial charge on any atom is -0.494 e. The molecule has 1 aromatic carbocycles. The number of hydrogen-bond donors (Lipinski definition) is 0. The Bertz CT molecular complexity index is 980. The lowest BCUT2D eigenvalue weighted by atomic mass is 10.1. The molecule has 2 rings (SSSR count). The van der Waals surface area contributed by atoms with Gasteiger partial charge in [-0.15, -0.1) is 16.7 Å². The van der Waals surface area contributed by atoms with Crippen molar-refractivity contribution in [1.82, 2.24) is 10.2 Å². The van der Waals surface area contributed by atoms with Crippen LogP contribution in [-0.4, -0.2) is 53.5 Å². The monoisotopic (exact) mass is 668 g/mol. The van der Waals surface area contributed by atoms with E-state index in [4.69, 9.17) is 21.1 Å². The van der Waals surface area contributed by atoms with Crippen LogP contribution in [0.5, 0.6) is 10.9 Å². The van der Waals surface area contributed by atoms with Gasteiger partial charge in [0.1, 0.15) is 5.75 Å². The van der Waals surface area contributed by atoms with Crippen LogP contribution in [-0.2, 0) is 0 Å². The summed E-state index contributed by atoms with van der Waals surface area (Å²) >= 11 is 7.20. The Morgan fingerprint density at radius 1 is 0.619 bits per heavy atom. The van der Waals surface area contributed by atoms with Crippen LogP contribution in [0.2, 0.25) is 63.2 Å². The van der Waals surface area contributed by atoms with Gasteiger partial charge in [0.15, 0.2) is 5.01 Å². The smallest absolute Gasteiger partial charge is 0.294 e. The molecule has 0 N–H and O–H groups in total. The molecule has 4 nitrogen and oxygen atoms in total. The molecule has 1 heterocycles. The van der Waals surface area contributed by atoms with Crippen molar-refractivity contribution in [3.63, 3.8) is 0 Å². The molecular weight excluding hydrogens is 608 g/mol. The zero-order valence-corrected chi connectivity index (χ0v) is 32.6. The number of aromatic nitrogens is 2. The van der Waals surface area contributed by atoms with Gasteiger partial charge in [-0.3, -0.25) is 0 Å². The molecule has 0 fully saturated rings. The van der Waals surface area contributed by atoms with Crippen molar-refractivity contribution in [2.45, 2.75) is 140 Å². The Labute approximate surface area is 270 Å². The lowest BCUT2D eigenvalue weighted by Gasteiger charge is -2.36. The van der Waals surface area contributed by atoms with Crippen molar-refractivity contribution in [3.05, 3.63) is 24.3 Å². The molecule has 0 saturated carbocycles. The van der Waals surface area contributed by atoms with Crippen molar-refractivity contribution in [3.8, 4) is 21.5 Å². The van der Waals surface area contributed by atoms with E-state index in [9.17, 15) is 0 Å². The second-order valence-corrected chi connectivity index (χ2v) is 33.4. The van der Waals surface area contributed by atoms with Crippen molar-refractivity contribution in [2.24, 2.45) is 0 Å². The number of halogens is 1. The molecular formula is C33H61ClN2O2SSi3. The first kappa shape index (κ1) is 37.5. The molecule has 0 saturated heterocycles. The topological polar surface area (TPSA) is 44.2 Å². The van der Waals surface area contributed by atoms with Gasteiger partial charge in [-0.1, -0.05) is 131 Å². The maximum Gasteiger partial charge on any atom is 0.294 e. The first-order valence-electron chi connectivity index (χ1n) is 16.6. The van der Waals surface area contributed by atoms with Crippen LogP contribution in [0.25, 0.3) is 10.6 Å². The quantitative estimate of drug-likeness (QED) is 0.0634. The fraction of sp³-hybridized carbons (Fsp3) is 0.758. The Hall–Kier alpha value is -0.679. The number of benzene rings is 1. The van der Waals surface area contributed by atoms with E-state index in [1.807, 2.05) is 12.1 Å². The number of nitrogens with zero attached hydrogens (tertiary/aromatic N) is 2. The van der Waals surface area contributed by atoms with E-state index in [1.165, 1.54) is 62.7 Å². The molecule has 42 heavy (non-hydrogen) atoms. The summed E-state index contributed by atoms with van der Waals surface area (Å²) in [4.78, 5) is 0. The van der Waals surface area contributed by atoms with E-state index >= 15 is 0 Å². The summed E-state index contributed by atoms with van der Waals surface area (Å²) < 4.78 is 11.7. The van der Waals surface area contributed by atoms with Gasteiger partial charge in [0.25, 0.3) is 5.19 Å². The lowest BCUT2D eigenvalue weighted by Crippen LogP contribution is -2.44. The molecule has 1 aromatic heterocycles. The SMILES string of the molecule is C[Si](C)(C)C[Si](C)(C)C[Si](C)(C)CCCCCCCCCCCOc1ccc(-c2nnc(OCCCCCCl)s2)cc1. The third-order valence-electron chi connectivity index (χ3n) is 7.74. The highest BCUT2D eigenvalue weighted by Crippen LogP contribution is 2.31. The van der Waals surface area contributed by atoms with Crippen molar-refractivity contribution >= 4 is 47.2 Å². The van der Waals surface area contributed by atoms with Crippen LogP contribution in [0.4, 0.5) is 0 Å². The van der Waals surface area contributed by atoms with Gasteiger partial charge < -0.3 is 9.47 Å². The Morgan fingerprint density at radius 3 is 1.76 bits per heavy atom. The Morgan fingerprint density at radius 2 is 1.17 bits per heavy atom. The summed E-state index contributed by atoms with van der Waals surface area (Å²) in [7, 11) is -2.96. The summed E-state index contributed by atoms with van der Waals surface area (Å²) in [5.74, 6) is 1.63. The molecule has 0 unspecified atom stereocenters. The summed E-state index contributed by atoms with van der Waals surface area (Å²) in [5, 5.41) is 9.95. The molecule has 0 radical (unpaired) electrons. The number of unbranched alkanes of at least 4 members (excludes halogenated alkanes) is 10. The van der Waals surface area contributed by atoms with Crippen LogP contribution >= 0.6 is 22.9 Å². The lowest BCUT2D eigenvalue weighted by molar-refractivity contribution is 0.302. The van der Waals surface area contributed by atoms with Gasteiger partial charge in [-0.25, -0.2) is 0 Å². The number of hydrogen-bond acceptors (Lipinski definition) is 5.